The number of allylic oxidation sites excluding steroid dienone is 2. The van der Waals surface area contributed by atoms with E-state index in [0.717, 1.165) is 132 Å². The number of hydrogen-bond donors (Lipinski definition) is 7. The van der Waals surface area contributed by atoms with E-state index in [-0.39, 0.29) is 77.5 Å². The average molecular weight is 1080 g/mol. The highest BCUT2D eigenvalue weighted by atomic mass is 16.6. The number of nitrogens with one attached hydrogen (secondary N) is 2. The molecule has 8 fully saturated rings. The summed E-state index contributed by atoms with van der Waals surface area (Å²) in [5.74, 6) is 2.14. The number of hydrogen-bond acceptors (Lipinski definition) is 10. The predicted molar refractivity (Wildman–Crippen MR) is 312 cm³/mol. The first-order valence-electron chi connectivity index (χ1n) is 32.3. The molecule has 2 heterocycles. The zero-order valence-electron chi connectivity index (χ0n) is 49.5. The molecule has 2 aliphatic heterocycles. The van der Waals surface area contributed by atoms with Gasteiger partial charge in [0.05, 0.1) is 17.3 Å². The van der Waals surface area contributed by atoms with Gasteiger partial charge >= 0.3 is 0 Å². The molecule has 10 aliphatic rings. The van der Waals surface area contributed by atoms with Gasteiger partial charge in [-0.2, -0.15) is 0 Å². The zero-order valence-corrected chi connectivity index (χ0v) is 49.5. The highest BCUT2D eigenvalue weighted by molar-refractivity contribution is 6.01. The average Bonchev–Trinajstić information content (AvgIpc) is 2.33. The number of Topliss-reactive ketones (excluding diaryl/α,β-unsaturated/α-hetero) is 2. The van der Waals surface area contributed by atoms with E-state index in [2.05, 4.69) is 69.5 Å². The van der Waals surface area contributed by atoms with Crippen molar-refractivity contribution in [2.24, 2.45) is 80.8 Å². The third-order valence-corrected chi connectivity index (χ3v) is 25.8. The maximum absolute atomic E-state index is 16.3. The molecule has 2 aromatic rings. The molecule has 4 bridgehead atoms. The van der Waals surface area contributed by atoms with E-state index in [4.69, 9.17) is 10.5 Å². The van der Waals surface area contributed by atoms with E-state index in [9.17, 15) is 20.4 Å². The monoisotopic (exact) mass is 1080 g/mol. The van der Waals surface area contributed by atoms with Crippen molar-refractivity contribution in [1.29, 1.82) is 0 Å². The summed E-state index contributed by atoms with van der Waals surface area (Å²) in [5, 5.41) is 57.2. The van der Waals surface area contributed by atoms with Gasteiger partial charge in [0.2, 0.25) is 0 Å². The van der Waals surface area contributed by atoms with Crippen LogP contribution >= 0.6 is 0 Å². The Morgan fingerprint density at radius 2 is 1.67 bits per heavy atom. The van der Waals surface area contributed by atoms with E-state index in [0.29, 0.717) is 56.0 Å². The van der Waals surface area contributed by atoms with Gasteiger partial charge in [-0.15, -0.1) is 0 Å². The number of fused-ring (bicyclic) bond motifs is 2. The number of ketones is 2. The Labute approximate surface area is 474 Å². The van der Waals surface area contributed by atoms with Crippen LogP contribution in [0.2, 0.25) is 0 Å². The fraction of sp³-hybridized carbons (Fsp3) is 0.768. The van der Waals surface area contributed by atoms with Crippen LogP contribution in [0.15, 0.2) is 53.6 Å². The number of carbonyl (C=O) groups is 2. The van der Waals surface area contributed by atoms with Gasteiger partial charge in [-0.3, -0.25) is 9.59 Å². The van der Waals surface area contributed by atoms with E-state index >= 15 is 9.59 Å². The number of unbranched alkanes of at least 4 members (excludes halogenated alkanes) is 2. The summed E-state index contributed by atoms with van der Waals surface area (Å²) in [6.07, 6.45) is 19.7. The van der Waals surface area contributed by atoms with Crippen molar-refractivity contribution in [3.05, 3.63) is 70.3 Å². The van der Waals surface area contributed by atoms with Crippen LogP contribution in [0.25, 0.3) is 0 Å². The van der Waals surface area contributed by atoms with Crippen molar-refractivity contribution >= 4 is 17.3 Å². The number of phenols is 1. The molecule has 10 heteroatoms. The van der Waals surface area contributed by atoms with Gasteiger partial charge in [0, 0.05) is 54.6 Å². The van der Waals surface area contributed by atoms with Crippen LogP contribution < -0.4 is 16.4 Å². The highest BCUT2D eigenvalue weighted by Gasteiger charge is 2.76. The molecule has 2 saturated heterocycles. The van der Waals surface area contributed by atoms with Crippen LogP contribution in [0.1, 0.15) is 211 Å². The Morgan fingerprint density at radius 3 is 2.44 bits per heavy atom. The number of benzene rings is 2. The molecule has 12 rings (SSSR count). The molecular formula is C69H101N3O7. The lowest BCUT2D eigenvalue weighted by Crippen LogP contribution is -2.73. The minimum atomic E-state index is -0.933. The SMILES string of the molecule is CCCCC[C@H]1C[C@@H]2CCC[C@@H]3CC[C@H]([C@@H](O)[C@H]4O[C@]4(C)[C@H]4CCC[C@@H]4c4cccc(N)c4)[C@H](C4=C5CC[C@@H]6[C@]7(C)C[C@@H](c8cc(O)cc(CNC)c8)C(=O)[C@]8(C)CCCC[C@@](C)(O)CN[C@@H](C[C@]6([C@H]1CO)[C@@]5(C)CC4=O)[C@H]78)[C@H]32. The number of nitrogen functional groups attached to an aromatic ring is 1. The van der Waals surface area contributed by atoms with Crippen LogP contribution in [0, 0.1) is 80.8 Å². The molecule has 6 saturated carbocycles. The van der Waals surface area contributed by atoms with E-state index in [1.807, 2.05) is 32.2 Å². The van der Waals surface area contributed by atoms with Crippen molar-refractivity contribution in [1.82, 2.24) is 10.6 Å². The summed E-state index contributed by atoms with van der Waals surface area (Å²) in [4.78, 5) is 32.3. The summed E-state index contributed by atoms with van der Waals surface area (Å²) in [5.41, 5.74) is 9.11. The summed E-state index contributed by atoms with van der Waals surface area (Å²) < 4.78 is 6.99. The Kier molecular flexibility index (Phi) is 14.9. The van der Waals surface area contributed by atoms with Crippen molar-refractivity contribution in [2.45, 2.75) is 231 Å². The molecule has 1 spiro atoms. The lowest BCUT2D eigenvalue weighted by atomic mass is 9.30. The van der Waals surface area contributed by atoms with Crippen molar-refractivity contribution < 1.29 is 34.8 Å². The summed E-state index contributed by atoms with van der Waals surface area (Å²) in [6, 6.07) is 14.1. The first-order valence-corrected chi connectivity index (χ1v) is 32.3. The van der Waals surface area contributed by atoms with Crippen LogP contribution in [0.4, 0.5) is 5.69 Å². The largest absolute Gasteiger partial charge is 0.508 e. The number of nitrogens with two attached hydrogens (primary N) is 1. The first-order chi connectivity index (χ1) is 37.8. The first kappa shape index (κ1) is 56.4. The van der Waals surface area contributed by atoms with Crippen LogP contribution in [0.3, 0.4) is 0 Å². The fourth-order valence-corrected chi connectivity index (χ4v) is 22.9. The number of aliphatic hydroxyl groups is 3. The second-order valence-electron chi connectivity index (χ2n) is 29.9. The van der Waals surface area contributed by atoms with Gasteiger partial charge in [0.1, 0.15) is 17.6 Å². The second-order valence-corrected chi connectivity index (χ2v) is 29.9. The van der Waals surface area contributed by atoms with Crippen molar-refractivity contribution in [3.63, 3.8) is 0 Å². The maximum Gasteiger partial charge on any atom is 0.160 e. The van der Waals surface area contributed by atoms with Crippen molar-refractivity contribution in [3.8, 4) is 5.75 Å². The highest BCUT2D eigenvalue weighted by Crippen LogP contribution is 2.79. The minimum Gasteiger partial charge on any atom is -0.508 e. The number of aliphatic hydroxyl groups excluding tert-OH is 2. The van der Waals surface area contributed by atoms with Gasteiger partial charge < -0.3 is 41.5 Å². The lowest BCUT2D eigenvalue weighted by molar-refractivity contribution is -0.233. The number of ether oxygens (including phenoxy) is 1. The van der Waals surface area contributed by atoms with E-state index < -0.39 is 44.9 Å². The molecule has 8 N–H and O–H groups in total. The molecule has 434 valence electrons. The van der Waals surface area contributed by atoms with Gasteiger partial charge in [-0.25, -0.2) is 0 Å². The molecule has 2 aromatic carbocycles. The van der Waals surface area contributed by atoms with E-state index in [1.165, 1.54) is 24.0 Å². The number of β-amino-alcohol motifs (C(OH)–C–C–N with tert-alkyl or cyclic N) is 1. The number of carbonyl (C=O) groups excluding carboxylic acids is 2. The third-order valence-electron chi connectivity index (χ3n) is 25.8. The molecule has 0 amide bonds. The van der Waals surface area contributed by atoms with Crippen LogP contribution in [-0.4, -0.2) is 81.6 Å². The Bertz CT molecular complexity index is 2670. The van der Waals surface area contributed by atoms with Gasteiger partial charge in [-0.05, 0) is 214 Å². The number of phenolic OH excluding ortho intramolecular Hbond substituents is 1. The number of rotatable bonds is 12. The molecule has 79 heavy (non-hydrogen) atoms. The zero-order chi connectivity index (χ0) is 55.6. The molecule has 21 atom stereocenters. The van der Waals surface area contributed by atoms with Gasteiger partial charge in [0.15, 0.2) is 5.78 Å². The van der Waals surface area contributed by atoms with Gasteiger partial charge in [-0.1, -0.05) is 116 Å². The summed E-state index contributed by atoms with van der Waals surface area (Å²) in [6.45, 7) is 14.9. The topological polar surface area (TPSA) is 178 Å². The van der Waals surface area contributed by atoms with E-state index in [1.54, 1.807) is 0 Å². The lowest BCUT2D eigenvalue weighted by Gasteiger charge is -2.74. The Balaban J connectivity index is 1.03. The summed E-state index contributed by atoms with van der Waals surface area (Å²) >= 11 is 0. The van der Waals surface area contributed by atoms with Crippen LogP contribution in [-0.2, 0) is 20.9 Å². The standard InChI is InChI=1S/C69H101N3O7/c1-8-9-10-16-43-31-44-19-13-17-41-23-24-49(60(76)63-68(6,79-63)51-22-15-21-48(51)42-18-14-20-46(70)32-42)58(57(41)44)59-52-25-26-56-66(4)34-50(45-29-40(37-71-7)30-47(74)33-45)62(77)65(3)28-12-11-27-64(2,78)39-72-54(61(65)66)35-69(56,53(43)38-73)67(52,5)36-55(59)75/h14,18,20,29-30,32-33,41,43-44,48-51,53-54,56-58,60-61,63,71-74,76,78H,8-13,15-17,19,21-28,31,34-39,70H2,1-7H3/t41-,43+,44+,48-,49+,50+,51+,53+,54+,56-,57-,58+,60-,61+,63-,64-,65-,66+,67+,68-,69-/m1/s1. The number of anilines is 1. The molecule has 0 unspecified atom stereocenters. The molecular weight excluding hydrogens is 983 g/mol. The van der Waals surface area contributed by atoms with Crippen molar-refractivity contribution in [2.75, 3.05) is 25.9 Å². The normalized spacial score (nSPS) is 46.0. The molecule has 0 aromatic heterocycles. The Morgan fingerprint density at radius 1 is 0.886 bits per heavy atom. The summed E-state index contributed by atoms with van der Waals surface area (Å²) in [7, 11) is 1.92. The molecule has 10 nitrogen and oxygen atoms in total. The minimum absolute atomic E-state index is 0.0470. The third kappa shape index (κ3) is 8.94. The Hall–Kier alpha value is -3.12. The quantitative estimate of drug-likeness (QED) is 0.0615. The fourth-order valence-electron chi connectivity index (χ4n) is 22.9. The second kappa shape index (κ2) is 20.9. The molecule has 0 radical (unpaired) electrons. The number of epoxide rings is 1. The number of aromatic hydroxyl groups is 1. The maximum atomic E-state index is 16.3. The van der Waals surface area contributed by atoms with Crippen LogP contribution in [0.5, 0.6) is 5.75 Å². The van der Waals surface area contributed by atoms with Gasteiger partial charge in [0.25, 0.3) is 0 Å². The predicted octanol–water partition coefficient (Wildman–Crippen LogP) is 12.1. The smallest absolute Gasteiger partial charge is 0.160 e. The molecule has 8 aliphatic carbocycles.